The number of hydrogen-bond donors (Lipinski definition) is 1. The maximum Gasteiger partial charge on any atom is 0.276 e. The standard InChI is InChI=1S/C20H24N4O4/c1-13-15(12-27-2)17(23-28-13)19(26)24-9-5-20(6-10-24)11-16(20)22-18(25)14-3-7-21-8-4-14/h3-4,7-8,16H,5-6,9-12H2,1-2H3,(H,22,25). The summed E-state index contributed by atoms with van der Waals surface area (Å²) >= 11 is 0. The van der Waals surface area contributed by atoms with Gasteiger partial charge in [0.25, 0.3) is 11.8 Å². The minimum Gasteiger partial charge on any atom is -0.380 e. The fraction of sp³-hybridized carbons (Fsp3) is 0.500. The largest absolute Gasteiger partial charge is 0.380 e. The molecule has 2 aromatic rings. The van der Waals surface area contributed by atoms with Crippen molar-refractivity contribution in [1.82, 2.24) is 20.4 Å². The first-order valence-corrected chi connectivity index (χ1v) is 9.48. The van der Waals surface area contributed by atoms with Gasteiger partial charge < -0.3 is 19.5 Å². The Labute approximate surface area is 163 Å². The number of aromatic nitrogens is 2. The molecule has 3 heterocycles. The van der Waals surface area contributed by atoms with E-state index in [1.165, 1.54) is 0 Å². The first-order valence-electron chi connectivity index (χ1n) is 9.48. The van der Waals surface area contributed by atoms with E-state index in [1.54, 1.807) is 38.6 Å². The third-order valence-corrected chi connectivity index (χ3v) is 5.96. The molecule has 0 radical (unpaired) electrons. The zero-order valence-electron chi connectivity index (χ0n) is 16.1. The van der Waals surface area contributed by atoms with E-state index >= 15 is 0 Å². The van der Waals surface area contributed by atoms with Crippen molar-refractivity contribution in [2.75, 3.05) is 20.2 Å². The minimum absolute atomic E-state index is 0.0648. The third-order valence-electron chi connectivity index (χ3n) is 5.96. The van der Waals surface area contributed by atoms with Gasteiger partial charge in [-0.3, -0.25) is 14.6 Å². The first kappa shape index (κ1) is 18.6. The van der Waals surface area contributed by atoms with Gasteiger partial charge in [-0.1, -0.05) is 5.16 Å². The number of carbonyl (C=O) groups is 2. The van der Waals surface area contributed by atoms with Gasteiger partial charge in [0.2, 0.25) is 0 Å². The van der Waals surface area contributed by atoms with E-state index in [4.69, 9.17) is 9.26 Å². The lowest BCUT2D eigenvalue weighted by Crippen LogP contribution is -2.42. The molecule has 8 nitrogen and oxygen atoms in total. The molecule has 1 unspecified atom stereocenters. The number of methoxy groups -OCH3 is 1. The van der Waals surface area contributed by atoms with E-state index in [0.29, 0.717) is 42.3 Å². The van der Waals surface area contributed by atoms with E-state index < -0.39 is 0 Å². The average Bonchev–Trinajstić information content (AvgIpc) is 3.23. The summed E-state index contributed by atoms with van der Waals surface area (Å²) in [6.45, 7) is 3.39. The fourth-order valence-electron chi connectivity index (χ4n) is 4.03. The summed E-state index contributed by atoms with van der Waals surface area (Å²) in [5, 5.41) is 7.06. The molecule has 0 bridgehead atoms. The highest BCUT2D eigenvalue weighted by atomic mass is 16.5. The smallest absolute Gasteiger partial charge is 0.276 e. The Kier molecular flexibility index (Phi) is 4.89. The molecule has 1 atom stereocenters. The van der Waals surface area contributed by atoms with E-state index in [1.807, 2.05) is 4.90 Å². The van der Waals surface area contributed by atoms with Gasteiger partial charge in [0.05, 0.1) is 12.2 Å². The van der Waals surface area contributed by atoms with Gasteiger partial charge in [-0.2, -0.15) is 0 Å². The number of pyridine rings is 1. The highest BCUT2D eigenvalue weighted by molar-refractivity contribution is 5.95. The van der Waals surface area contributed by atoms with Crippen molar-refractivity contribution in [3.8, 4) is 0 Å². The van der Waals surface area contributed by atoms with Crippen LogP contribution >= 0.6 is 0 Å². The Hall–Kier alpha value is -2.74. The van der Waals surface area contributed by atoms with Crippen molar-refractivity contribution >= 4 is 11.8 Å². The summed E-state index contributed by atoms with van der Waals surface area (Å²) in [7, 11) is 1.58. The van der Waals surface area contributed by atoms with Crippen molar-refractivity contribution < 1.29 is 18.8 Å². The summed E-state index contributed by atoms with van der Waals surface area (Å²) in [6, 6.07) is 3.59. The van der Waals surface area contributed by atoms with Crippen LogP contribution in [0.4, 0.5) is 0 Å². The third kappa shape index (κ3) is 3.40. The van der Waals surface area contributed by atoms with E-state index in [0.717, 1.165) is 19.3 Å². The van der Waals surface area contributed by atoms with Gasteiger partial charge in [0, 0.05) is 44.2 Å². The number of likely N-dealkylation sites (tertiary alicyclic amines) is 1. The normalized spacial score (nSPS) is 20.2. The molecule has 1 aliphatic heterocycles. The molecule has 8 heteroatoms. The molecular formula is C20H24N4O4. The number of carbonyl (C=O) groups excluding carboxylic acids is 2. The molecular weight excluding hydrogens is 360 g/mol. The van der Waals surface area contributed by atoms with Crippen LogP contribution in [0.2, 0.25) is 0 Å². The Morgan fingerprint density at radius 2 is 2.04 bits per heavy atom. The van der Waals surface area contributed by atoms with Gasteiger partial charge in [-0.25, -0.2) is 0 Å². The number of nitrogens with zero attached hydrogens (tertiary/aromatic N) is 3. The Bertz CT molecular complexity index is 872. The van der Waals surface area contributed by atoms with Crippen LogP contribution < -0.4 is 5.32 Å². The zero-order chi connectivity index (χ0) is 19.7. The van der Waals surface area contributed by atoms with Crippen molar-refractivity contribution in [2.24, 2.45) is 5.41 Å². The quantitative estimate of drug-likeness (QED) is 0.846. The lowest BCUT2D eigenvalue weighted by molar-refractivity contribution is 0.0654. The summed E-state index contributed by atoms with van der Waals surface area (Å²) in [4.78, 5) is 31.0. The van der Waals surface area contributed by atoms with Gasteiger partial charge in [0.15, 0.2) is 5.69 Å². The molecule has 1 aliphatic carbocycles. The lowest BCUT2D eigenvalue weighted by Gasteiger charge is -2.32. The molecule has 1 spiro atoms. The minimum atomic E-state index is -0.114. The number of piperidine rings is 1. The Morgan fingerprint density at radius 3 is 2.71 bits per heavy atom. The van der Waals surface area contributed by atoms with Crippen molar-refractivity contribution in [3.63, 3.8) is 0 Å². The molecule has 2 fully saturated rings. The molecule has 2 aliphatic rings. The van der Waals surface area contributed by atoms with Crippen molar-refractivity contribution in [2.45, 2.75) is 38.8 Å². The zero-order valence-corrected chi connectivity index (χ0v) is 16.1. The lowest BCUT2D eigenvalue weighted by atomic mass is 9.92. The van der Waals surface area contributed by atoms with Crippen LogP contribution in [0.5, 0.6) is 0 Å². The second kappa shape index (κ2) is 7.35. The predicted octanol–water partition coefficient (Wildman–Crippen LogP) is 1.95. The van der Waals surface area contributed by atoms with Gasteiger partial charge in [-0.05, 0) is 43.7 Å². The number of ether oxygens (including phenoxy) is 1. The number of rotatable bonds is 5. The van der Waals surface area contributed by atoms with Crippen LogP contribution in [0.25, 0.3) is 0 Å². The molecule has 4 rings (SSSR count). The van der Waals surface area contributed by atoms with E-state index in [2.05, 4.69) is 15.5 Å². The Balaban J connectivity index is 1.34. The van der Waals surface area contributed by atoms with Gasteiger partial charge in [0.1, 0.15) is 5.76 Å². The Morgan fingerprint density at radius 1 is 1.32 bits per heavy atom. The van der Waals surface area contributed by atoms with Crippen molar-refractivity contribution in [1.29, 1.82) is 0 Å². The van der Waals surface area contributed by atoms with E-state index in [-0.39, 0.29) is 23.3 Å². The van der Waals surface area contributed by atoms with Crippen LogP contribution in [0.15, 0.2) is 29.0 Å². The molecule has 28 heavy (non-hydrogen) atoms. The topological polar surface area (TPSA) is 97.6 Å². The summed E-state index contributed by atoms with van der Waals surface area (Å²) in [5.41, 5.74) is 1.78. The maximum atomic E-state index is 12.9. The number of hydrogen-bond acceptors (Lipinski definition) is 6. The van der Waals surface area contributed by atoms with Crippen molar-refractivity contribution in [3.05, 3.63) is 47.1 Å². The van der Waals surface area contributed by atoms with Crippen LogP contribution in [-0.2, 0) is 11.3 Å². The molecule has 1 saturated carbocycles. The second-order valence-electron chi connectivity index (χ2n) is 7.62. The molecule has 2 amide bonds. The number of aryl methyl sites for hydroxylation is 1. The SMILES string of the molecule is COCc1c(C(=O)N2CCC3(CC2)CC3NC(=O)c2ccncc2)noc1C. The number of nitrogens with one attached hydrogen (secondary N) is 1. The van der Waals surface area contributed by atoms with Gasteiger partial charge >= 0.3 is 0 Å². The van der Waals surface area contributed by atoms with Crippen LogP contribution in [0, 0.1) is 12.3 Å². The number of amides is 2. The highest BCUT2D eigenvalue weighted by Crippen LogP contribution is 2.54. The van der Waals surface area contributed by atoms with Gasteiger partial charge in [-0.15, -0.1) is 0 Å². The second-order valence-corrected chi connectivity index (χ2v) is 7.62. The average molecular weight is 384 g/mol. The molecule has 1 N–H and O–H groups in total. The maximum absolute atomic E-state index is 12.9. The van der Waals surface area contributed by atoms with Crippen LogP contribution in [-0.4, -0.2) is 53.1 Å². The highest BCUT2D eigenvalue weighted by Gasteiger charge is 2.56. The summed E-state index contributed by atoms with van der Waals surface area (Å²) < 4.78 is 10.3. The molecule has 0 aromatic carbocycles. The molecule has 1 saturated heterocycles. The monoisotopic (exact) mass is 384 g/mol. The van der Waals surface area contributed by atoms with Crippen LogP contribution in [0.1, 0.15) is 51.4 Å². The summed E-state index contributed by atoms with van der Waals surface area (Å²) in [6.07, 6.45) is 5.94. The predicted molar refractivity (Wildman–Crippen MR) is 99.6 cm³/mol. The van der Waals surface area contributed by atoms with Crippen LogP contribution in [0.3, 0.4) is 0 Å². The summed E-state index contributed by atoms with van der Waals surface area (Å²) in [5.74, 6) is 0.432. The van der Waals surface area contributed by atoms with E-state index in [9.17, 15) is 9.59 Å². The molecule has 2 aromatic heterocycles. The molecule has 148 valence electrons. The first-order chi connectivity index (χ1) is 13.5. The fourth-order valence-corrected chi connectivity index (χ4v) is 4.03.